The number of piperidine rings is 1. The molecule has 0 aromatic carbocycles. The number of carbonyl (C=O) groups excluding carboxylic acids is 2. The van der Waals surface area contributed by atoms with Crippen LogP contribution in [0.25, 0.3) is 0 Å². The van der Waals surface area contributed by atoms with E-state index in [1.165, 1.54) is 12.4 Å². The van der Waals surface area contributed by atoms with E-state index in [4.69, 9.17) is 0 Å². The number of hydrogen-bond acceptors (Lipinski definition) is 5. The third-order valence-electron chi connectivity index (χ3n) is 5.07. The minimum Gasteiger partial charge on any atom is -0.337 e. The van der Waals surface area contributed by atoms with Crippen molar-refractivity contribution in [3.05, 3.63) is 53.9 Å². The fraction of sp³-hybridized carbons (Fsp3) is 0.421. The molecule has 2 amide bonds. The third-order valence-corrected chi connectivity index (χ3v) is 5.07. The minimum absolute atomic E-state index is 0.160. The number of carbonyl (C=O) groups is 2. The summed E-state index contributed by atoms with van der Waals surface area (Å²) in [6.07, 6.45) is 9.65. The van der Waals surface area contributed by atoms with Crippen molar-refractivity contribution in [3.63, 3.8) is 0 Å². The number of aromatic nitrogens is 3. The van der Waals surface area contributed by atoms with Crippen molar-refractivity contribution in [2.24, 2.45) is 0 Å². The summed E-state index contributed by atoms with van der Waals surface area (Å²) in [7, 11) is 0. The van der Waals surface area contributed by atoms with Crippen molar-refractivity contribution in [3.8, 4) is 0 Å². The van der Waals surface area contributed by atoms with E-state index in [9.17, 15) is 9.59 Å². The molecule has 0 unspecified atom stereocenters. The topological polar surface area (TPSA) is 79.3 Å². The molecule has 2 fully saturated rings. The normalized spacial score (nSPS) is 17.7. The van der Waals surface area contributed by atoms with Crippen LogP contribution in [0.3, 0.4) is 0 Å². The zero-order valence-corrected chi connectivity index (χ0v) is 14.5. The van der Waals surface area contributed by atoms with Crippen molar-refractivity contribution in [2.75, 3.05) is 26.2 Å². The van der Waals surface area contributed by atoms with Crippen LogP contribution >= 0.6 is 0 Å². The third kappa shape index (κ3) is 3.16. The molecule has 7 heteroatoms. The quantitative estimate of drug-likeness (QED) is 0.841. The molecular weight excluding hydrogens is 330 g/mol. The second kappa shape index (κ2) is 7.19. The van der Waals surface area contributed by atoms with Gasteiger partial charge in [-0.05, 0) is 30.9 Å². The van der Waals surface area contributed by atoms with Crippen LogP contribution in [0.1, 0.15) is 51.7 Å². The van der Waals surface area contributed by atoms with E-state index in [2.05, 4.69) is 15.0 Å². The van der Waals surface area contributed by atoms with Gasteiger partial charge in [0.2, 0.25) is 0 Å². The largest absolute Gasteiger partial charge is 0.337 e. The number of pyridine rings is 1. The lowest BCUT2D eigenvalue weighted by molar-refractivity contribution is 0.0581. The molecule has 0 spiro atoms. The maximum Gasteiger partial charge on any atom is 0.274 e. The van der Waals surface area contributed by atoms with Gasteiger partial charge >= 0.3 is 0 Å². The van der Waals surface area contributed by atoms with Crippen molar-refractivity contribution < 1.29 is 9.59 Å². The average Bonchev–Trinajstić information content (AvgIpc) is 2.68. The van der Waals surface area contributed by atoms with Gasteiger partial charge < -0.3 is 9.80 Å². The van der Waals surface area contributed by atoms with E-state index in [1.54, 1.807) is 16.0 Å². The smallest absolute Gasteiger partial charge is 0.274 e. The molecule has 2 aromatic rings. The van der Waals surface area contributed by atoms with Crippen molar-refractivity contribution in [2.45, 2.75) is 25.2 Å². The second-order valence-corrected chi connectivity index (χ2v) is 6.80. The Balaban J connectivity index is 1.48. The van der Waals surface area contributed by atoms with Gasteiger partial charge in [-0.25, -0.2) is 9.97 Å². The van der Waals surface area contributed by atoms with Crippen LogP contribution in [0.4, 0.5) is 0 Å². The highest BCUT2D eigenvalue weighted by Gasteiger charge is 2.35. The highest BCUT2D eigenvalue weighted by molar-refractivity contribution is 6.04. The van der Waals surface area contributed by atoms with Gasteiger partial charge in [0.15, 0.2) is 11.4 Å². The average molecular weight is 351 g/mol. The van der Waals surface area contributed by atoms with Crippen molar-refractivity contribution in [1.82, 2.24) is 24.8 Å². The summed E-state index contributed by atoms with van der Waals surface area (Å²) in [6, 6.07) is 3.92. The Morgan fingerprint density at radius 2 is 1.54 bits per heavy atom. The molecule has 0 atom stereocenters. The van der Waals surface area contributed by atoms with Gasteiger partial charge in [-0.1, -0.05) is 6.07 Å². The Hall–Kier alpha value is -2.83. The highest BCUT2D eigenvalue weighted by atomic mass is 16.2. The summed E-state index contributed by atoms with van der Waals surface area (Å²) < 4.78 is 0. The van der Waals surface area contributed by atoms with E-state index in [-0.39, 0.29) is 29.1 Å². The molecule has 4 heterocycles. The van der Waals surface area contributed by atoms with Crippen LogP contribution in [0.5, 0.6) is 0 Å². The molecule has 2 aromatic heterocycles. The molecule has 7 nitrogen and oxygen atoms in total. The first-order chi connectivity index (χ1) is 12.7. The fourth-order valence-corrected chi connectivity index (χ4v) is 3.52. The van der Waals surface area contributed by atoms with Gasteiger partial charge in [-0.15, -0.1) is 0 Å². The first kappa shape index (κ1) is 16.6. The monoisotopic (exact) mass is 351 g/mol. The zero-order chi connectivity index (χ0) is 17.9. The maximum atomic E-state index is 12.8. The highest BCUT2D eigenvalue weighted by Crippen LogP contribution is 2.28. The number of rotatable bonds is 3. The first-order valence-electron chi connectivity index (χ1n) is 9.03. The standard InChI is InChI=1S/C19H21N5O2/c25-18(23-9-2-1-3-10-23)16-17(22-8-7-21-16)19(26)24-12-15(13-24)14-5-4-6-20-11-14/h4-8,11,15H,1-3,9-10,12-13H2. The molecule has 134 valence electrons. The molecule has 4 rings (SSSR count). The van der Waals surface area contributed by atoms with Gasteiger partial charge in [0.25, 0.3) is 11.8 Å². The first-order valence-corrected chi connectivity index (χ1v) is 9.03. The van der Waals surface area contributed by atoms with Crippen LogP contribution < -0.4 is 0 Å². The molecule has 0 radical (unpaired) electrons. The predicted molar refractivity (Wildman–Crippen MR) is 94.7 cm³/mol. The summed E-state index contributed by atoms with van der Waals surface area (Å²) in [5, 5.41) is 0. The summed E-state index contributed by atoms with van der Waals surface area (Å²) in [6.45, 7) is 2.66. The van der Waals surface area contributed by atoms with Gasteiger partial charge in [-0.2, -0.15) is 0 Å². The van der Waals surface area contributed by atoms with Gasteiger partial charge in [-0.3, -0.25) is 14.6 Å². The van der Waals surface area contributed by atoms with Crippen LogP contribution in [0.2, 0.25) is 0 Å². The van der Waals surface area contributed by atoms with Crippen LogP contribution in [-0.2, 0) is 0 Å². The number of nitrogens with zero attached hydrogens (tertiary/aromatic N) is 5. The predicted octanol–water partition coefficient (Wildman–Crippen LogP) is 1.74. The van der Waals surface area contributed by atoms with E-state index in [0.717, 1.165) is 37.9 Å². The SMILES string of the molecule is O=C(c1nccnc1C(=O)N1CC(c2cccnc2)C1)N1CCCCC1. The van der Waals surface area contributed by atoms with Crippen LogP contribution in [0.15, 0.2) is 36.9 Å². The molecule has 2 aliphatic heterocycles. The van der Waals surface area contributed by atoms with E-state index < -0.39 is 0 Å². The Morgan fingerprint density at radius 3 is 2.15 bits per heavy atom. The molecule has 2 saturated heterocycles. The Bertz CT molecular complexity index is 799. The summed E-state index contributed by atoms with van der Waals surface area (Å²) in [4.78, 5) is 41.6. The Labute approximate surface area is 152 Å². The molecule has 26 heavy (non-hydrogen) atoms. The molecular formula is C19H21N5O2. The van der Waals surface area contributed by atoms with E-state index >= 15 is 0 Å². The van der Waals surface area contributed by atoms with E-state index in [1.807, 2.05) is 18.3 Å². The van der Waals surface area contributed by atoms with Gasteiger partial charge in [0.05, 0.1) is 0 Å². The van der Waals surface area contributed by atoms with Gasteiger partial charge in [0.1, 0.15) is 0 Å². The lowest BCUT2D eigenvalue weighted by atomic mass is 9.92. The number of amides is 2. The van der Waals surface area contributed by atoms with Crippen molar-refractivity contribution >= 4 is 11.8 Å². The molecule has 0 N–H and O–H groups in total. The van der Waals surface area contributed by atoms with Crippen LogP contribution in [-0.4, -0.2) is 62.7 Å². The molecule has 2 aliphatic rings. The maximum absolute atomic E-state index is 12.8. The summed E-state index contributed by atoms with van der Waals surface area (Å²) in [5.41, 5.74) is 1.46. The lowest BCUT2D eigenvalue weighted by Gasteiger charge is -2.39. The van der Waals surface area contributed by atoms with Crippen molar-refractivity contribution in [1.29, 1.82) is 0 Å². The molecule has 0 saturated carbocycles. The summed E-state index contributed by atoms with van der Waals surface area (Å²) >= 11 is 0. The van der Waals surface area contributed by atoms with Gasteiger partial charge in [0, 0.05) is 56.9 Å². The molecule has 0 aliphatic carbocycles. The van der Waals surface area contributed by atoms with E-state index in [0.29, 0.717) is 13.1 Å². The Kier molecular flexibility index (Phi) is 4.60. The Morgan fingerprint density at radius 1 is 0.885 bits per heavy atom. The second-order valence-electron chi connectivity index (χ2n) is 6.80. The molecule has 0 bridgehead atoms. The fourth-order valence-electron chi connectivity index (χ4n) is 3.52. The lowest BCUT2D eigenvalue weighted by Crippen LogP contribution is -2.49. The minimum atomic E-state index is -0.224. The number of likely N-dealkylation sites (tertiary alicyclic amines) is 2. The number of hydrogen-bond donors (Lipinski definition) is 0. The van der Waals surface area contributed by atoms with Crippen LogP contribution in [0, 0.1) is 0 Å². The zero-order valence-electron chi connectivity index (χ0n) is 14.5. The summed E-state index contributed by atoms with van der Waals surface area (Å²) in [5.74, 6) is -0.130.